The highest BCUT2D eigenvalue weighted by Crippen LogP contribution is 2.56. The zero-order valence-electron chi connectivity index (χ0n) is 25.5. The van der Waals surface area contributed by atoms with Crippen LogP contribution in [-0.2, 0) is 46.8 Å². The first-order chi connectivity index (χ1) is 22.1. The Morgan fingerprint density at radius 3 is 2.43 bits per heavy atom. The van der Waals surface area contributed by atoms with Gasteiger partial charge in [-0.05, 0) is 44.7 Å². The molecule has 3 aliphatic rings. The van der Waals surface area contributed by atoms with E-state index in [1.165, 1.54) is 4.90 Å². The monoisotopic (exact) mass is 690 g/mol. The molecule has 0 bridgehead atoms. The quantitative estimate of drug-likeness (QED) is 0.131. The van der Waals surface area contributed by atoms with Crippen LogP contribution in [0.3, 0.4) is 0 Å². The van der Waals surface area contributed by atoms with E-state index in [1.54, 1.807) is 31.8 Å². The average Bonchev–Trinajstić information content (AvgIpc) is 3.39. The first-order valence-electron chi connectivity index (χ1n) is 14.7. The lowest BCUT2D eigenvalue weighted by atomic mass is 10.2. The van der Waals surface area contributed by atoms with Crippen LogP contribution in [0.15, 0.2) is 6.33 Å². The molecule has 254 valence electrons. The molecular weight excluding hydrogens is 655 g/mol. The van der Waals surface area contributed by atoms with E-state index in [-0.39, 0.29) is 30.6 Å². The molecule has 1 saturated carbocycles. The number of amides is 1. The van der Waals surface area contributed by atoms with Gasteiger partial charge in [0.05, 0.1) is 43.8 Å². The van der Waals surface area contributed by atoms with Crippen molar-refractivity contribution in [1.29, 1.82) is 0 Å². The Bertz CT molecular complexity index is 1450. The zero-order chi connectivity index (χ0) is 32.9. The van der Waals surface area contributed by atoms with Crippen molar-refractivity contribution in [1.82, 2.24) is 24.4 Å². The highest BCUT2D eigenvalue weighted by atomic mass is 35.5. The molecule has 2 saturated heterocycles. The van der Waals surface area contributed by atoms with Gasteiger partial charge in [-0.1, -0.05) is 0 Å². The molecule has 4 atom stereocenters. The third kappa shape index (κ3) is 7.98. The van der Waals surface area contributed by atoms with Crippen molar-refractivity contribution in [3.8, 4) is 0 Å². The number of nitrogens with zero attached hydrogens (tertiary/aromatic N) is 5. The minimum absolute atomic E-state index is 0.0444. The maximum Gasteiger partial charge on any atom is 0.510 e. The normalized spacial score (nSPS) is 23.8. The minimum atomic E-state index is -4.28. The number of halogens is 1. The molecule has 1 spiro atoms. The van der Waals surface area contributed by atoms with Gasteiger partial charge in [-0.25, -0.2) is 14.6 Å². The average molecular weight is 691 g/mol. The summed E-state index contributed by atoms with van der Waals surface area (Å²) in [6.07, 6.45) is 0.955. The molecule has 2 aromatic rings. The van der Waals surface area contributed by atoms with Gasteiger partial charge in [0.15, 0.2) is 17.0 Å². The van der Waals surface area contributed by atoms with Gasteiger partial charge in [-0.2, -0.15) is 9.97 Å². The summed E-state index contributed by atoms with van der Waals surface area (Å²) in [6.45, 7) is 2.79. The summed E-state index contributed by atoms with van der Waals surface area (Å²) in [4.78, 5) is 51.0. The van der Waals surface area contributed by atoms with E-state index in [0.717, 1.165) is 6.42 Å². The Morgan fingerprint density at radius 1 is 1.11 bits per heavy atom. The van der Waals surface area contributed by atoms with Crippen molar-refractivity contribution in [2.45, 2.75) is 63.4 Å². The third-order valence-electron chi connectivity index (χ3n) is 7.71. The van der Waals surface area contributed by atoms with Crippen LogP contribution < -0.4 is 5.32 Å². The summed E-state index contributed by atoms with van der Waals surface area (Å²) in [5.41, 5.74) is 0.418. The number of anilines is 1. The number of rotatable bonds is 14. The second-order valence-electron chi connectivity index (χ2n) is 10.7. The molecule has 0 radical (unpaired) electrons. The van der Waals surface area contributed by atoms with Crippen molar-refractivity contribution < 1.29 is 56.4 Å². The molecule has 2 aliphatic heterocycles. The standard InChI is InChI=1S/C26H36ClN6O12P/c1-4-39-24(35)41-14-43-46(37,44-15-42-25(36)40-5-2)12-18(34)32(3)17-10-26(17)8-6-19(45-26)33-13-28-20-21(29-16-7-9-38-11-16)30-23(27)31-22(20)33/h13,16-17,19H,4-12,14-15H2,1-3H3,(H,29,30,31)/t16-,17?,19?,26-/m0/s1. The van der Waals surface area contributed by atoms with Crippen LogP contribution in [0.5, 0.6) is 0 Å². The van der Waals surface area contributed by atoms with E-state index >= 15 is 0 Å². The summed E-state index contributed by atoms with van der Waals surface area (Å²) >= 11 is 6.26. The molecule has 2 aromatic heterocycles. The van der Waals surface area contributed by atoms with Crippen molar-refractivity contribution in [2.24, 2.45) is 0 Å². The van der Waals surface area contributed by atoms with E-state index in [0.29, 0.717) is 49.5 Å². The smallest absolute Gasteiger partial charge is 0.435 e. The topological polar surface area (TPSA) is 201 Å². The third-order valence-corrected chi connectivity index (χ3v) is 9.54. The van der Waals surface area contributed by atoms with Gasteiger partial charge in [0, 0.05) is 20.1 Å². The fraction of sp³-hybridized carbons (Fsp3) is 0.692. The summed E-state index contributed by atoms with van der Waals surface area (Å²) < 4.78 is 56.1. The van der Waals surface area contributed by atoms with Gasteiger partial charge >= 0.3 is 19.9 Å². The number of carbonyl (C=O) groups is 3. The molecule has 0 aromatic carbocycles. The van der Waals surface area contributed by atoms with Crippen LogP contribution in [0.2, 0.25) is 5.28 Å². The Morgan fingerprint density at radius 2 is 1.80 bits per heavy atom. The van der Waals surface area contributed by atoms with Crippen LogP contribution in [0.1, 0.15) is 45.8 Å². The summed E-state index contributed by atoms with van der Waals surface area (Å²) in [5, 5.41) is 3.39. The Hall–Kier alpha value is -3.28. The summed E-state index contributed by atoms with van der Waals surface area (Å²) in [5.74, 6) is -0.0792. The fourth-order valence-electron chi connectivity index (χ4n) is 5.36. The Kier molecular flexibility index (Phi) is 10.8. The molecule has 3 fully saturated rings. The number of hydrogen-bond acceptors (Lipinski definition) is 16. The summed E-state index contributed by atoms with van der Waals surface area (Å²) in [7, 11) is -2.73. The predicted octanol–water partition coefficient (Wildman–Crippen LogP) is 3.45. The van der Waals surface area contributed by atoms with E-state index < -0.39 is 57.4 Å². The first kappa shape index (κ1) is 34.1. The highest BCUT2D eigenvalue weighted by molar-refractivity contribution is 7.54. The van der Waals surface area contributed by atoms with Crippen LogP contribution in [-0.4, -0.2) is 114 Å². The largest absolute Gasteiger partial charge is 0.510 e. The fourth-order valence-corrected chi connectivity index (χ4v) is 6.76. The molecule has 20 heteroatoms. The molecular formula is C26H36ClN6O12P. The van der Waals surface area contributed by atoms with Crippen molar-refractivity contribution in [3.63, 3.8) is 0 Å². The molecule has 1 amide bonds. The van der Waals surface area contributed by atoms with Crippen molar-refractivity contribution >= 4 is 54.4 Å². The second-order valence-corrected chi connectivity index (χ2v) is 13.1. The van der Waals surface area contributed by atoms with E-state index in [4.69, 9.17) is 39.6 Å². The lowest BCUT2D eigenvalue weighted by Gasteiger charge is -2.24. The molecule has 1 N–H and O–H groups in total. The van der Waals surface area contributed by atoms with Crippen LogP contribution in [0.25, 0.3) is 11.2 Å². The predicted molar refractivity (Wildman–Crippen MR) is 157 cm³/mol. The van der Waals surface area contributed by atoms with Gasteiger partial charge in [-0.15, -0.1) is 0 Å². The summed E-state index contributed by atoms with van der Waals surface area (Å²) in [6, 6.07) is -0.246. The van der Waals surface area contributed by atoms with Crippen LogP contribution in [0, 0.1) is 0 Å². The molecule has 2 unspecified atom stereocenters. The second kappa shape index (κ2) is 14.6. The van der Waals surface area contributed by atoms with Gasteiger partial charge in [0.25, 0.3) is 0 Å². The van der Waals surface area contributed by atoms with Gasteiger partial charge in [-0.3, -0.25) is 23.0 Å². The molecule has 18 nitrogen and oxygen atoms in total. The SMILES string of the molecule is CCOC(=O)OCOP(=O)(CC(=O)N(C)C1C[C@@]12CCC(n1cnc3c(N[C@H]4CCOC4)nc(Cl)nc31)O2)OCOC(=O)OCC. The van der Waals surface area contributed by atoms with E-state index in [2.05, 4.69) is 29.7 Å². The first-order valence-corrected chi connectivity index (χ1v) is 16.8. The number of fused-ring (bicyclic) bond motifs is 1. The van der Waals surface area contributed by atoms with Crippen LogP contribution >= 0.6 is 19.2 Å². The lowest BCUT2D eigenvalue weighted by Crippen LogP contribution is -2.36. The van der Waals surface area contributed by atoms with Gasteiger partial charge < -0.3 is 38.6 Å². The van der Waals surface area contributed by atoms with E-state index in [9.17, 15) is 18.9 Å². The van der Waals surface area contributed by atoms with Gasteiger partial charge in [0.1, 0.15) is 12.4 Å². The lowest BCUT2D eigenvalue weighted by molar-refractivity contribution is -0.129. The molecule has 5 rings (SSSR count). The number of aromatic nitrogens is 4. The maximum absolute atomic E-state index is 13.4. The van der Waals surface area contributed by atoms with Gasteiger partial charge in [0.2, 0.25) is 24.8 Å². The number of hydrogen-bond donors (Lipinski definition) is 1. The highest BCUT2D eigenvalue weighted by Gasteiger charge is 2.63. The van der Waals surface area contributed by atoms with Crippen molar-refractivity contribution in [3.05, 3.63) is 11.6 Å². The Labute approximate surface area is 268 Å². The molecule has 1 aliphatic carbocycles. The Balaban J connectivity index is 1.21. The molecule has 4 heterocycles. The molecule has 46 heavy (non-hydrogen) atoms. The van der Waals surface area contributed by atoms with Crippen molar-refractivity contribution in [2.75, 3.05) is 58.5 Å². The minimum Gasteiger partial charge on any atom is -0.435 e. The zero-order valence-corrected chi connectivity index (χ0v) is 27.2. The van der Waals surface area contributed by atoms with E-state index in [1.807, 2.05) is 0 Å². The number of imidazole rings is 1. The maximum atomic E-state index is 13.4. The number of ether oxygens (including phenoxy) is 6. The number of likely N-dealkylation sites (N-methyl/N-ethyl adjacent to an activating group) is 1. The number of nitrogens with one attached hydrogen (secondary N) is 1. The van der Waals surface area contributed by atoms with Crippen LogP contribution in [0.4, 0.5) is 15.4 Å². The number of carbonyl (C=O) groups excluding carboxylic acids is 3.